The molecule has 182 valence electrons. The van der Waals surface area contributed by atoms with Crippen LogP contribution in [0.4, 0.5) is 13.6 Å². The number of hydrogen-bond donors (Lipinski definition) is 1. The highest BCUT2D eigenvalue weighted by molar-refractivity contribution is 7.17. The number of ether oxygens (including phenoxy) is 2. The van der Waals surface area contributed by atoms with Crippen LogP contribution in [0.25, 0.3) is 32.6 Å². The smallest absolute Gasteiger partial charge is 0.407 e. The summed E-state index contributed by atoms with van der Waals surface area (Å²) < 4.78 is 42.8. The van der Waals surface area contributed by atoms with Crippen LogP contribution in [0.15, 0.2) is 35.8 Å². The van der Waals surface area contributed by atoms with Gasteiger partial charge in [0.25, 0.3) is 0 Å². The topological polar surface area (TPSA) is 89.7 Å². The van der Waals surface area contributed by atoms with E-state index in [0.29, 0.717) is 29.2 Å². The van der Waals surface area contributed by atoms with Crippen molar-refractivity contribution in [2.45, 2.75) is 26.1 Å². The zero-order valence-electron chi connectivity index (χ0n) is 19.0. The third-order valence-electron chi connectivity index (χ3n) is 5.96. The summed E-state index contributed by atoms with van der Waals surface area (Å²) >= 11 is 1.41. The number of aromatic nitrogens is 3. The van der Waals surface area contributed by atoms with Crippen molar-refractivity contribution < 1.29 is 28.2 Å². The molecule has 0 saturated carbocycles. The first kappa shape index (κ1) is 23.2. The van der Waals surface area contributed by atoms with E-state index < -0.39 is 17.7 Å². The van der Waals surface area contributed by atoms with Crippen LogP contribution in [0.1, 0.15) is 12.6 Å². The van der Waals surface area contributed by atoms with Gasteiger partial charge in [-0.1, -0.05) is 0 Å². The van der Waals surface area contributed by atoms with Gasteiger partial charge in [0.15, 0.2) is 0 Å². The summed E-state index contributed by atoms with van der Waals surface area (Å²) in [6, 6.07) is 5.35. The van der Waals surface area contributed by atoms with E-state index in [4.69, 9.17) is 9.47 Å². The third kappa shape index (κ3) is 4.21. The zero-order valence-corrected chi connectivity index (χ0v) is 19.8. The van der Waals surface area contributed by atoms with Gasteiger partial charge in [-0.2, -0.15) is 5.10 Å². The Morgan fingerprint density at radius 3 is 2.86 bits per heavy atom. The zero-order chi connectivity index (χ0) is 24.7. The fourth-order valence-corrected chi connectivity index (χ4v) is 5.21. The molecule has 0 unspecified atom stereocenters. The second-order valence-electron chi connectivity index (χ2n) is 8.25. The predicted molar refractivity (Wildman–Crippen MR) is 127 cm³/mol. The van der Waals surface area contributed by atoms with E-state index >= 15 is 4.39 Å². The molecule has 0 saturated heterocycles. The monoisotopic (exact) mass is 500 g/mol. The molecule has 1 atom stereocenters. The first-order valence-electron chi connectivity index (χ1n) is 10.9. The number of halogens is 2. The average Bonchev–Trinajstić information content (AvgIpc) is 3.44. The van der Waals surface area contributed by atoms with Crippen LogP contribution in [0.5, 0.6) is 5.75 Å². The summed E-state index contributed by atoms with van der Waals surface area (Å²) in [4.78, 5) is 17.6. The van der Waals surface area contributed by atoms with Crippen LogP contribution in [0, 0.1) is 11.6 Å². The van der Waals surface area contributed by atoms with Crippen molar-refractivity contribution >= 4 is 27.5 Å². The number of methoxy groups -OCH3 is 1. The quantitative estimate of drug-likeness (QED) is 0.374. The Kier molecular flexibility index (Phi) is 6.12. The van der Waals surface area contributed by atoms with E-state index in [0.717, 1.165) is 22.2 Å². The van der Waals surface area contributed by atoms with E-state index in [1.165, 1.54) is 23.3 Å². The molecule has 3 aromatic heterocycles. The Hall–Kier alpha value is -3.57. The van der Waals surface area contributed by atoms with Gasteiger partial charge >= 0.3 is 6.09 Å². The molecule has 5 rings (SSSR count). The number of fused-ring (bicyclic) bond motifs is 2. The summed E-state index contributed by atoms with van der Waals surface area (Å²) in [6.45, 7) is 2.73. The number of amides is 1. The number of thiophene rings is 1. The van der Waals surface area contributed by atoms with Crippen LogP contribution in [0.2, 0.25) is 0 Å². The van der Waals surface area contributed by atoms with Crippen molar-refractivity contribution in [3.05, 3.63) is 53.2 Å². The van der Waals surface area contributed by atoms with Gasteiger partial charge in [0, 0.05) is 41.1 Å². The first-order chi connectivity index (χ1) is 16.9. The third-order valence-corrected chi connectivity index (χ3v) is 6.91. The molecule has 0 spiro atoms. The van der Waals surface area contributed by atoms with Crippen molar-refractivity contribution in [3.63, 3.8) is 0 Å². The van der Waals surface area contributed by atoms with Crippen LogP contribution >= 0.6 is 11.3 Å². The number of rotatable bonds is 6. The number of hydrogen-bond acceptors (Lipinski definition) is 6. The molecular formula is C24H22F2N4O4S. The summed E-state index contributed by atoms with van der Waals surface area (Å²) in [7, 11) is 1.51. The van der Waals surface area contributed by atoms with Crippen LogP contribution < -0.4 is 4.74 Å². The highest BCUT2D eigenvalue weighted by atomic mass is 32.1. The van der Waals surface area contributed by atoms with E-state index in [2.05, 4.69) is 10.1 Å². The van der Waals surface area contributed by atoms with Crippen molar-refractivity contribution in [1.29, 1.82) is 0 Å². The molecule has 35 heavy (non-hydrogen) atoms. The van der Waals surface area contributed by atoms with Gasteiger partial charge in [-0.05, 0) is 24.4 Å². The van der Waals surface area contributed by atoms with Gasteiger partial charge in [0.05, 0.1) is 42.7 Å². The molecule has 11 heteroatoms. The molecule has 4 aromatic rings. The molecule has 1 amide bonds. The minimum absolute atomic E-state index is 0.0400. The van der Waals surface area contributed by atoms with E-state index in [-0.39, 0.29) is 37.1 Å². The second-order valence-corrected chi connectivity index (χ2v) is 9.17. The molecule has 0 radical (unpaired) electrons. The minimum Gasteiger partial charge on any atom is -0.490 e. The van der Waals surface area contributed by atoms with Gasteiger partial charge < -0.3 is 14.6 Å². The van der Waals surface area contributed by atoms with Crippen molar-refractivity contribution in [2.75, 3.05) is 20.3 Å². The molecule has 1 N–H and O–H groups in total. The molecule has 0 fully saturated rings. The van der Waals surface area contributed by atoms with E-state index in [1.54, 1.807) is 16.9 Å². The fourth-order valence-electron chi connectivity index (χ4n) is 4.29. The Bertz CT molecular complexity index is 1420. The predicted octanol–water partition coefficient (Wildman–Crippen LogP) is 5.01. The number of benzene rings is 1. The maximum absolute atomic E-state index is 15.4. The Morgan fingerprint density at radius 1 is 1.26 bits per heavy atom. The Labute approximate surface area is 203 Å². The first-order valence-corrected chi connectivity index (χ1v) is 11.8. The van der Waals surface area contributed by atoms with E-state index in [9.17, 15) is 14.3 Å². The van der Waals surface area contributed by atoms with E-state index in [1.807, 2.05) is 18.4 Å². The summed E-state index contributed by atoms with van der Waals surface area (Å²) in [6.07, 6.45) is 0.679. The number of pyridine rings is 1. The highest BCUT2D eigenvalue weighted by Crippen LogP contribution is 2.44. The fraction of sp³-hybridized carbons (Fsp3) is 0.292. The lowest BCUT2D eigenvalue weighted by atomic mass is 9.99. The molecule has 0 bridgehead atoms. The minimum atomic E-state index is -1.00. The van der Waals surface area contributed by atoms with Crippen LogP contribution in [0.3, 0.4) is 0 Å². The SMILES string of the molecule is COCCOc1cc(F)cc(F)c1-c1c(-c2cc3n(n2)C[C@@H](C)N(C(=O)O)C3)ncc2ccsc12. The molecule has 4 heterocycles. The van der Waals surface area contributed by atoms with Crippen molar-refractivity contribution in [3.8, 4) is 28.3 Å². The van der Waals surface area contributed by atoms with Crippen LogP contribution in [-0.2, 0) is 17.8 Å². The van der Waals surface area contributed by atoms with Gasteiger partial charge in [0.1, 0.15) is 29.7 Å². The molecule has 0 aliphatic carbocycles. The van der Waals surface area contributed by atoms with Crippen molar-refractivity contribution in [1.82, 2.24) is 19.7 Å². The lowest BCUT2D eigenvalue weighted by molar-refractivity contribution is 0.105. The standard InChI is InChI=1S/C24H22F2N4O4S/c1-13-11-30-16(12-29(13)24(31)32)9-18(28-30)22-21(23-14(10-27-22)3-6-35-23)20-17(26)7-15(25)8-19(20)34-5-4-33-2/h3,6-10,13H,4-5,11-12H2,1-2H3,(H,31,32)/t13-/m1/s1. The Balaban J connectivity index is 1.69. The lowest BCUT2D eigenvalue weighted by Crippen LogP contribution is -2.44. The van der Waals surface area contributed by atoms with Crippen LogP contribution in [-0.4, -0.2) is 57.2 Å². The summed E-state index contributed by atoms with van der Waals surface area (Å²) in [5, 5.41) is 16.9. The number of nitrogens with zero attached hydrogens (tertiary/aromatic N) is 4. The van der Waals surface area contributed by atoms with Gasteiger partial charge in [0.2, 0.25) is 0 Å². The highest BCUT2D eigenvalue weighted by Gasteiger charge is 2.30. The normalized spacial score (nSPS) is 15.4. The number of carbonyl (C=O) groups is 1. The lowest BCUT2D eigenvalue weighted by Gasteiger charge is -2.31. The molecule has 1 aliphatic heterocycles. The maximum Gasteiger partial charge on any atom is 0.407 e. The largest absolute Gasteiger partial charge is 0.490 e. The van der Waals surface area contributed by atoms with Gasteiger partial charge in [-0.25, -0.2) is 13.6 Å². The van der Waals surface area contributed by atoms with Gasteiger partial charge in [-0.15, -0.1) is 11.3 Å². The molecular weight excluding hydrogens is 478 g/mol. The Morgan fingerprint density at radius 2 is 2.09 bits per heavy atom. The molecule has 8 nitrogen and oxygen atoms in total. The maximum atomic E-state index is 15.4. The number of carboxylic acid groups (broad SMARTS) is 1. The van der Waals surface area contributed by atoms with Gasteiger partial charge in [-0.3, -0.25) is 14.6 Å². The van der Waals surface area contributed by atoms with Crippen molar-refractivity contribution in [2.24, 2.45) is 0 Å². The molecule has 1 aromatic carbocycles. The molecule has 1 aliphatic rings. The average molecular weight is 501 g/mol. The second kappa shape index (κ2) is 9.23. The summed E-state index contributed by atoms with van der Waals surface area (Å²) in [5.74, 6) is -1.50. The summed E-state index contributed by atoms with van der Waals surface area (Å²) in [5.41, 5.74) is 2.11.